The Bertz CT molecular complexity index is 730. The lowest BCUT2D eigenvalue weighted by molar-refractivity contribution is -0.116. The van der Waals surface area contributed by atoms with Gasteiger partial charge in [-0.3, -0.25) is 4.79 Å². The van der Waals surface area contributed by atoms with E-state index in [0.29, 0.717) is 23.4 Å². The number of carbonyl (C=O) groups is 2. The molecule has 0 bridgehead atoms. The Labute approximate surface area is 145 Å². The van der Waals surface area contributed by atoms with E-state index in [0.717, 1.165) is 11.3 Å². The highest BCUT2D eigenvalue weighted by atomic mass is 32.2. The van der Waals surface area contributed by atoms with Crippen molar-refractivity contribution in [3.63, 3.8) is 0 Å². The standard InChI is InChI=1S/C18H20N2O3S/c1-19-13-6-3-12(4-7-13)5-10-17(21)20-14-8-9-16(24-2)15(11-14)18(22)23/h3-4,6-9,11,19H,5,10H2,1-2H3,(H,20,21)(H,22,23). The predicted octanol–water partition coefficient (Wildman–Crippen LogP) is 3.72. The van der Waals surface area contributed by atoms with E-state index < -0.39 is 5.97 Å². The van der Waals surface area contributed by atoms with Crippen LogP contribution in [0.4, 0.5) is 11.4 Å². The van der Waals surface area contributed by atoms with Crippen molar-refractivity contribution in [2.24, 2.45) is 0 Å². The van der Waals surface area contributed by atoms with E-state index >= 15 is 0 Å². The van der Waals surface area contributed by atoms with Gasteiger partial charge >= 0.3 is 5.97 Å². The number of aromatic carboxylic acids is 1. The van der Waals surface area contributed by atoms with Gasteiger partial charge in [0.25, 0.3) is 0 Å². The van der Waals surface area contributed by atoms with Crippen LogP contribution in [0.5, 0.6) is 0 Å². The highest BCUT2D eigenvalue weighted by Gasteiger charge is 2.11. The molecule has 0 spiro atoms. The summed E-state index contributed by atoms with van der Waals surface area (Å²) >= 11 is 1.36. The van der Waals surface area contributed by atoms with Crippen LogP contribution in [0.25, 0.3) is 0 Å². The minimum Gasteiger partial charge on any atom is -0.478 e. The smallest absolute Gasteiger partial charge is 0.336 e. The van der Waals surface area contributed by atoms with Gasteiger partial charge < -0.3 is 15.7 Å². The van der Waals surface area contributed by atoms with Gasteiger partial charge in [-0.25, -0.2) is 4.79 Å². The molecule has 2 aromatic carbocycles. The van der Waals surface area contributed by atoms with Crippen LogP contribution in [0.2, 0.25) is 0 Å². The minimum absolute atomic E-state index is 0.138. The number of anilines is 2. The van der Waals surface area contributed by atoms with Crippen LogP contribution in [-0.2, 0) is 11.2 Å². The van der Waals surface area contributed by atoms with Crippen LogP contribution in [0.15, 0.2) is 47.4 Å². The third-order valence-corrected chi connectivity index (χ3v) is 4.39. The number of carbonyl (C=O) groups excluding carboxylic acids is 1. The maximum Gasteiger partial charge on any atom is 0.336 e. The van der Waals surface area contributed by atoms with Crippen molar-refractivity contribution in [1.29, 1.82) is 0 Å². The first kappa shape index (κ1) is 17.9. The monoisotopic (exact) mass is 344 g/mol. The predicted molar refractivity (Wildman–Crippen MR) is 98.1 cm³/mol. The lowest BCUT2D eigenvalue weighted by atomic mass is 10.1. The zero-order valence-corrected chi connectivity index (χ0v) is 14.4. The van der Waals surface area contributed by atoms with Gasteiger partial charge in [-0.15, -0.1) is 11.8 Å². The Kier molecular flexibility index (Phi) is 6.26. The van der Waals surface area contributed by atoms with E-state index in [9.17, 15) is 14.7 Å². The van der Waals surface area contributed by atoms with Crippen molar-refractivity contribution in [3.8, 4) is 0 Å². The van der Waals surface area contributed by atoms with Crippen molar-refractivity contribution in [1.82, 2.24) is 0 Å². The number of aryl methyl sites for hydroxylation is 1. The largest absolute Gasteiger partial charge is 0.478 e. The first-order chi connectivity index (χ1) is 11.5. The molecule has 0 saturated carbocycles. The summed E-state index contributed by atoms with van der Waals surface area (Å²) in [5, 5.41) is 15.0. The molecule has 126 valence electrons. The van der Waals surface area contributed by atoms with Gasteiger partial charge in [0, 0.05) is 29.7 Å². The van der Waals surface area contributed by atoms with E-state index in [-0.39, 0.29) is 11.5 Å². The molecule has 5 nitrogen and oxygen atoms in total. The average Bonchev–Trinajstić information content (AvgIpc) is 2.60. The van der Waals surface area contributed by atoms with Gasteiger partial charge in [0.15, 0.2) is 0 Å². The maximum absolute atomic E-state index is 12.1. The fourth-order valence-corrected chi connectivity index (χ4v) is 2.84. The van der Waals surface area contributed by atoms with E-state index in [1.54, 1.807) is 12.1 Å². The molecule has 0 unspecified atom stereocenters. The molecule has 2 aromatic rings. The van der Waals surface area contributed by atoms with Crippen molar-refractivity contribution < 1.29 is 14.7 Å². The average molecular weight is 344 g/mol. The fraction of sp³-hybridized carbons (Fsp3) is 0.222. The SMILES string of the molecule is CNc1ccc(CCC(=O)Nc2ccc(SC)c(C(=O)O)c2)cc1. The molecule has 2 rings (SSSR count). The van der Waals surface area contributed by atoms with E-state index in [1.807, 2.05) is 37.6 Å². The lowest BCUT2D eigenvalue weighted by Gasteiger charge is -2.09. The number of rotatable bonds is 7. The van der Waals surface area contributed by atoms with Crippen LogP contribution < -0.4 is 10.6 Å². The summed E-state index contributed by atoms with van der Waals surface area (Å²) in [5.74, 6) is -1.14. The van der Waals surface area contributed by atoms with Gasteiger partial charge in [-0.2, -0.15) is 0 Å². The highest BCUT2D eigenvalue weighted by Crippen LogP contribution is 2.24. The van der Waals surface area contributed by atoms with Crippen molar-refractivity contribution in [2.45, 2.75) is 17.7 Å². The zero-order valence-electron chi connectivity index (χ0n) is 13.6. The first-order valence-corrected chi connectivity index (χ1v) is 8.74. The molecular formula is C18H20N2O3S. The van der Waals surface area contributed by atoms with E-state index in [2.05, 4.69) is 10.6 Å². The second kappa shape index (κ2) is 8.40. The van der Waals surface area contributed by atoms with Crippen molar-refractivity contribution >= 4 is 35.0 Å². The number of hydrogen-bond donors (Lipinski definition) is 3. The molecule has 0 aliphatic heterocycles. The van der Waals surface area contributed by atoms with Crippen LogP contribution >= 0.6 is 11.8 Å². The Hall–Kier alpha value is -2.47. The molecule has 0 aromatic heterocycles. The Morgan fingerprint density at radius 3 is 2.33 bits per heavy atom. The summed E-state index contributed by atoms with van der Waals surface area (Å²) < 4.78 is 0. The molecule has 0 atom stereocenters. The lowest BCUT2D eigenvalue weighted by Crippen LogP contribution is -2.13. The molecule has 3 N–H and O–H groups in total. The van der Waals surface area contributed by atoms with Crippen molar-refractivity contribution in [2.75, 3.05) is 23.9 Å². The summed E-state index contributed by atoms with van der Waals surface area (Å²) in [5.41, 5.74) is 2.80. The molecule has 0 saturated heterocycles. The Morgan fingerprint density at radius 1 is 1.08 bits per heavy atom. The minimum atomic E-state index is -1.000. The molecule has 0 radical (unpaired) electrons. The van der Waals surface area contributed by atoms with Gasteiger partial charge in [0.1, 0.15) is 0 Å². The third kappa shape index (κ3) is 4.76. The Balaban J connectivity index is 1.96. The van der Waals surface area contributed by atoms with Gasteiger partial charge in [0.2, 0.25) is 5.91 Å². The van der Waals surface area contributed by atoms with Crippen molar-refractivity contribution in [3.05, 3.63) is 53.6 Å². The normalized spacial score (nSPS) is 10.2. The van der Waals surface area contributed by atoms with Crippen LogP contribution in [0, 0.1) is 0 Å². The van der Waals surface area contributed by atoms with Gasteiger partial charge in [0.05, 0.1) is 5.56 Å². The number of hydrogen-bond acceptors (Lipinski definition) is 4. The summed E-state index contributed by atoms with van der Waals surface area (Å²) in [4.78, 5) is 24.0. The zero-order chi connectivity index (χ0) is 17.5. The molecule has 6 heteroatoms. The molecule has 0 heterocycles. The van der Waals surface area contributed by atoms with E-state index in [4.69, 9.17) is 0 Å². The second-order valence-electron chi connectivity index (χ2n) is 5.22. The number of carboxylic acid groups (broad SMARTS) is 1. The summed E-state index contributed by atoms with van der Waals surface area (Å²) in [6.45, 7) is 0. The molecular weight excluding hydrogens is 324 g/mol. The van der Waals surface area contributed by atoms with E-state index in [1.165, 1.54) is 17.8 Å². The van der Waals surface area contributed by atoms with Crippen LogP contribution in [0.1, 0.15) is 22.3 Å². The number of benzene rings is 2. The summed E-state index contributed by atoms with van der Waals surface area (Å²) in [7, 11) is 1.86. The highest BCUT2D eigenvalue weighted by molar-refractivity contribution is 7.98. The number of carboxylic acids is 1. The van der Waals surface area contributed by atoms with Crippen LogP contribution in [0.3, 0.4) is 0 Å². The number of thioether (sulfide) groups is 1. The first-order valence-electron chi connectivity index (χ1n) is 7.51. The maximum atomic E-state index is 12.1. The molecule has 1 amide bonds. The second-order valence-corrected chi connectivity index (χ2v) is 6.06. The topological polar surface area (TPSA) is 78.4 Å². The molecule has 0 fully saturated rings. The number of nitrogens with one attached hydrogen (secondary N) is 2. The quantitative estimate of drug-likeness (QED) is 0.667. The molecule has 0 aliphatic rings. The molecule has 24 heavy (non-hydrogen) atoms. The van der Waals surface area contributed by atoms with Gasteiger partial charge in [-0.1, -0.05) is 12.1 Å². The van der Waals surface area contributed by atoms with Crippen LogP contribution in [-0.4, -0.2) is 30.3 Å². The third-order valence-electron chi connectivity index (χ3n) is 3.60. The summed E-state index contributed by atoms with van der Waals surface area (Å²) in [6, 6.07) is 12.8. The fourth-order valence-electron chi connectivity index (χ4n) is 2.27. The van der Waals surface area contributed by atoms with Gasteiger partial charge in [-0.05, 0) is 48.6 Å². The molecule has 0 aliphatic carbocycles. The number of amides is 1. The summed E-state index contributed by atoms with van der Waals surface area (Å²) in [6.07, 6.45) is 2.79. The Morgan fingerprint density at radius 2 is 1.75 bits per heavy atom.